The molecule has 0 radical (unpaired) electrons. The molecule has 12 heteroatoms. The second kappa shape index (κ2) is 12.2. The van der Waals surface area contributed by atoms with Gasteiger partial charge in [-0.15, -0.1) is 0 Å². The van der Waals surface area contributed by atoms with E-state index < -0.39 is 53.2 Å². The molecular weight excluding hydrogens is 399 g/mol. The van der Waals surface area contributed by atoms with Gasteiger partial charge in [0.2, 0.25) is 34.8 Å². The lowest BCUT2D eigenvalue weighted by Crippen LogP contribution is -2.16. The van der Waals surface area contributed by atoms with Crippen LogP contribution in [0.2, 0.25) is 0 Å². The second-order valence-corrected chi connectivity index (χ2v) is 5.10. The van der Waals surface area contributed by atoms with Crippen molar-refractivity contribution in [1.29, 1.82) is 0 Å². The zero-order valence-electron chi connectivity index (χ0n) is 14.4. The molecule has 0 heterocycles. The third kappa shape index (κ3) is 7.74. The lowest BCUT2D eigenvalue weighted by atomic mass is 10.2. The van der Waals surface area contributed by atoms with Crippen molar-refractivity contribution in [2.45, 2.75) is 12.8 Å². The summed E-state index contributed by atoms with van der Waals surface area (Å²) in [4.78, 5) is 21.7. The van der Waals surface area contributed by atoms with Gasteiger partial charge < -0.3 is 24.1 Å². The molecule has 0 bridgehead atoms. The maximum atomic E-state index is 13.4. The predicted octanol–water partition coefficient (Wildman–Crippen LogP) is 2.20. The standard InChI is InChI=1S/C16H17F5O7/c17-11-12(18)14(20)16(15(21)13(11)19)28-10(24)2-4-26-6-8-27-7-5-25-3-1-9(22)23/h1-8H2,(H,22,23). The Morgan fingerprint density at radius 3 is 1.50 bits per heavy atom. The van der Waals surface area contributed by atoms with E-state index in [-0.39, 0.29) is 46.1 Å². The summed E-state index contributed by atoms with van der Waals surface area (Å²) in [5.41, 5.74) is 0. The van der Waals surface area contributed by atoms with Gasteiger partial charge in [-0.2, -0.15) is 8.78 Å². The molecule has 0 spiro atoms. The Morgan fingerprint density at radius 2 is 1.04 bits per heavy atom. The number of carboxylic acids is 1. The molecule has 0 aliphatic heterocycles. The highest BCUT2D eigenvalue weighted by Gasteiger charge is 2.28. The van der Waals surface area contributed by atoms with Crippen LogP contribution in [0.25, 0.3) is 0 Å². The molecule has 0 aliphatic rings. The zero-order chi connectivity index (χ0) is 21.1. The molecule has 0 saturated heterocycles. The fraction of sp³-hybridized carbons (Fsp3) is 0.500. The number of carbonyl (C=O) groups is 2. The maximum absolute atomic E-state index is 13.4. The van der Waals surface area contributed by atoms with E-state index in [0.29, 0.717) is 0 Å². The Hall–Kier alpha value is -2.31. The van der Waals surface area contributed by atoms with Crippen molar-refractivity contribution in [3.05, 3.63) is 29.1 Å². The van der Waals surface area contributed by atoms with E-state index in [4.69, 9.17) is 19.3 Å². The summed E-state index contributed by atoms with van der Waals surface area (Å²) in [5.74, 6) is -15.2. The van der Waals surface area contributed by atoms with Crippen LogP contribution in [0.15, 0.2) is 0 Å². The molecule has 0 saturated carbocycles. The Kier molecular flexibility index (Phi) is 10.3. The lowest BCUT2D eigenvalue weighted by Gasteiger charge is -2.09. The monoisotopic (exact) mass is 416 g/mol. The summed E-state index contributed by atoms with van der Waals surface area (Å²) < 4.78 is 84.8. The van der Waals surface area contributed by atoms with Crippen molar-refractivity contribution < 1.29 is 55.6 Å². The predicted molar refractivity (Wildman–Crippen MR) is 81.2 cm³/mol. The fourth-order valence-electron chi connectivity index (χ4n) is 1.70. The van der Waals surface area contributed by atoms with Crippen LogP contribution in [0.1, 0.15) is 12.8 Å². The fourth-order valence-corrected chi connectivity index (χ4v) is 1.70. The third-order valence-corrected chi connectivity index (χ3v) is 3.04. The van der Waals surface area contributed by atoms with Crippen molar-refractivity contribution >= 4 is 11.9 Å². The lowest BCUT2D eigenvalue weighted by molar-refractivity contribution is -0.138. The van der Waals surface area contributed by atoms with Gasteiger partial charge >= 0.3 is 11.9 Å². The molecule has 1 N–H and O–H groups in total. The number of aliphatic carboxylic acids is 1. The second-order valence-electron chi connectivity index (χ2n) is 5.10. The third-order valence-electron chi connectivity index (χ3n) is 3.04. The number of esters is 1. The Balaban J connectivity index is 2.19. The summed E-state index contributed by atoms with van der Waals surface area (Å²) >= 11 is 0. The SMILES string of the molecule is O=C(O)CCOCCOCCOCCC(=O)Oc1c(F)c(F)c(F)c(F)c1F. The van der Waals surface area contributed by atoms with Gasteiger partial charge in [-0.05, 0) is 0 Å². The molecule has 0 unspecified atom stereocenters. The molecule has 0 aliphatic carbocycles. The van der Waals surface area contributed by atoms with Crippen LogP contribution in [-0.4, -0.2) is 56.7 Å². The molecule has 0 aromatic heterocycles. The first kappa shape index (κ1) is 23.7. The minimum Gasteiger partial charge on any atom is -0.481 e. The number of ether oxygens (including phenoxy) is 4. The maximum Gasteiger partial charge on any atom is 0.313 e. The largest absolute Gasteiger partial charge is 0.481 e. The van der Waals surface area contributed by atoms with Gasteiger partial charge in [-0.25, -0.2) is 13.2 Å². The molecule has 7 nitrogen and oxygen atoms in total. The smallest absolute Gasteiger partial charge is 0.313 e. The molecule has 28 heavy (non-hydrogen) atoms. The number of rotatable bonds is 13. The molecule has 0 atom stereocenters. The molecule has 1 aromatic carbocycles. The van der Waals surface area contributed by atoms with Crippen molar-refractivity contribution in [3.63, 3.8) is 0 Å². The minimum absolute atomic E-state index is 0.0466. The number of carbonyl (C=O) groups excluding carboxylic acids is 1. The van der Waals surface area contributed by atoms with Crippen LogP contribution in [0.5, 0.6) is 5.75 Å². The van der Waals surface area contributed by atoms with Gasteiger partial charge in [0.25, 0.3) is 0 Å². The van der Waals surface area contributed by atoms with E-state index in [1.807, 2.05) is 0 Å². The summed E-state index contributed by atoms with van der Waals surface area (Å²) in [6.07, 6.45) is -0.623. The summed E-state index contributed by atoms with van der Waals surface area (Å²) in [7, 11) is 0. The van der Waals surface area contributed by atoms with E-state index in [9.17, 15) is 31.5 Å². The highest BCUT2D eigenvalue weighted by molar-refractivity contribution is 5.72. The summed E-state index contributed by atoms with van der Waals surface area (Å²) in [5, 5.41) is 8.37. The quantitative estimate of drug-likeness (QED) is 0.132. The van der Waals surface area contributed by atoms with E-state index in [1.165, 1.54) is 0 Å². The molecule has 158 valence electrons. The first-order chi connectivity index (χ1) is 13.3. The Morgan fingerprint density at radius 1 is 0.643 bits per heavy atom. The minimum atomic E-state index is -2.36. The first-order valence-electron chi connectivity index (χ1n) is 7.92. The van der Waals surface area contributed by atoms with Gasteiger partial charge in [0.1, 0.15) is 0 Å². The topological polar surface area (TPSA) is 91.3 Å². The van der Waals surface area contributed by atoms with Crippen LogP contribution >= 0.6 is 0 Å². The van der Waals surface area contributed by atoms with E-state index in [0.717, 1.165) is 0 Å². The number of carboxylic acid groups (broad SMARTS) is 1. The van der Waals surface area contributed by atoms with Gasteiger partial charge in [-0.1, -0.05) is 0 Å². The molecule has 0 amide bonds. The number of halogens is 5. The van der Waals surface area contributed by atoms with Crippen LogP contribution < -0.4 is 4.74 Å². The summed E-state index contributed by atoms with van der Waals surface area (Å²) in [6.45, 7) is 0.347. The average molecular weight is 416 g/mol. The highest BCUT2D eigenvalue weighted by Crippen LogP contribution is 2.29. The molecule has 1 rings (SSSR count). The highest BCUT2D eigenvalue weighted by atomic mass is 19.2. The number of hydrogen-bond donors (Lipinski definition) is 1. The normalized spacial score (nSPS) is 10.9. The molecular formula is C16H17F5O7. The zero-order valence-corrected chi connectivity index (χ0v) is 14.4. The summed E-state index contributed by atoms with van der Waals surface area (Å²) in [6, 6.07) is 0. The Labute approximate surface area is 155 Å². The van der Waals surface area contributed by atoms with Crippen LogP contribution in [0.4, 0.5) is 22.0 Å². The van der Waals surface area contributed by atoms with Gasteiger partial charge in [0.15, 0.2) is 0 Å². The van der Waals surface area contributed by atoms with Crippen LogP contribution in [0, 0.1) is 29.1 Å². The van der Waals surface area contributed by atoms with Gasteiger partial charge in [0, 0.05) is 0 Å². The van der Waals surface area contributed by atoms with Crippen molar-refractivity contribution in [1.82, 2.24) is 0 Å². The van der Waals surface area contributed by atoms with E-state index in [1.54, 1.807) is 0 Å². The molecule has 0 fully saturated rings. The molecule has 1 aromatic rings. The van der Waals surface area contributed by atoms with Crippen molar-refractivity contribution in [2.24, 2.45) is 0 Å². The van der Waals surface area contributed by atoms with Gasteiger partial charge in [-0.3, -0.25) is 9.59 Å². The van der Waals surface area contributed by atoms with E-state index in [2.05, 4.69) is 4.74 Å². The first-order valence-corrected chi connectivity index (χ1v) is 7.92. The van der Waals surface area contributed by atoms with Crippen molar-refractivity contribution in [3.8, 4) is 5.75 Å². The van der Waals surface area contributed by atoms with Crippen molar-refractivity contribution in [2.75, 3.05) is 39.6 Å². The van der Waals surface area contributed by atoms with Gasteiger partial charge in [0.05, 0.1) is 52.5 Å². The van der Waals surface area contributed by atoms with Crippen LogP contribution in [-0.2, 0) is 23.8 Å². The number of hydrogen-bond acceptors (Lipinski definition) is 6. The average Bonchev–Trinajstić information content (AvgIpc) is 2.66. The van der Waals surface area contributed by atoms with Crippen LogP contribution in [0.3, 0.4) is 0 Å². The number of benzene rings is 1. The Bertz CT molecular complexity index is 655. The van der Waals surface area contributed by atoms with E-state index >= 15 is 0 Å².